The smallest absolute Gasteiger partial charge is 0.302 e. The summed E-state index contributed by atoms with van der Waals surface area (Å²) in [6.07, 6.45) is 5.76. The lowest BCUT2D eigenvalue weighted by atomic mass is 9.91. The number of hydrogen-bond acceptors (Lipinski definition) is 5. The van der Waals surface area contributed by atoms with Crippen LogP contribution in [0.3, 0.4) is 0 Å². The topological polar surface area (TPSA) is 84.7 Å². The number of nitrogens with zero attached hydrogens (tertiary/aromatic N) is 4. The van der Waals surface area contributed by atoms with Crippen molar-refractivity contribution in [1.82, 2.24) is 19.6 Å². The van der Waals surface area contributed by atoms with E-state index in [0.29, 0.717) is 25.9 Å². The maximum absolute atomic E-state index is 13.0. The summed E-state index contributed by atoms with van der Waals surface area (Å²) < 4.78 is 7.12. The Bertz CT molecular complexity index is 726. The molecule has 3 heterocycles. The monoisotopic (exact) mass is 390 g/mol. The SMILES string of the molecule is CC(=O)OCC1(CC(=O)N2CCCC2)CCCN1C(=O)CCn1nccc1C. The summed E-state index contributed by atoms with van der Waals surface area (Å²) in [5.41, 5.74) is 0.270. The largest absolute Gasteiger partial charge is 0.463 e. The molecule has 2 fully saturated rings. The number of ether oxygens (including phenoxy) is 1. The van der Waals surface area contributed by atoms with Crippen LogP contribution in [0.1, 0.15) is 51.1 Å². The average molecular weight is 390 g/mol. The minimum absolute atomic E-state index is 0.0197. The number of esters is 1. The van der Waals surface area contributed by atoms with Gasteiger partial charge in [-0.3, -0.25) is 19.1 Å². The van der Waals surface area contributed by atoms with Crippen LogP contribution in [0.25, 0.3) is 0 Å². The standard InChI is InChI=1S/C20H30N4O4/c1-16-6-9-21-24(16)13-7-18(26)23-12-5-8-20(23,15-28-17(2)25)14-19(27)22-10-3-4-11-22/h6,9H,3-5,7-8,10-15H2,1-2H3. The zero-order valence-electron chi connectivity index (χ0n) is 16.9. The molecular formula is C20H30N4O4. The molecule has 0 aliphatic carbocycles. The summed E-state index contributed by atoms with van der Waals surface area (Å²) in [7, 11) is 0. The molecule has 1 atom stereocenters. The van der Waals surface area contributed by atoms with E-state index in [0.717, 1.165) is 38.0 Å². The fourth-order valence-electron chi connectivity index (χ4n) is 4.28. The molecule has 3 rings (SSSR count). The van der Waals surface area contributed by atoms with E-state index in [1.165, 1.54) is 6.92 Å². The normalized spacial score (nSPS) is 21.9. The fraction of sp³-hybridized carbons (Fsp3) is 0.700. The van der Waals surface area contributed by atoms with E-state index >= 15 is 0 Å². The van der Waals surface area contributed by atoms with Crippen LogP contribution in [-0.4, -0.2) is 69.1 Å². The van der Waals surface area contributed by atoms with Crippen LogP contribution in [0.2, 0.25) is 0 Å². The lowest BCUT2D eigenvalue weighted by Crippen LogP contribution is -2.53. The summed E-state index contributed by atoms with van der Waals surface area (Å²) >= 11 is 0. The highest BCUT2D eigenvalue weighted by Crippen LogP contribution is 2.35. The van der Waals surface area contributed by atoms with Crippen molar-refractivity contribution in [2.24, 2.45) is 0 Å². The van der Waals surface area contributed by atoms with Gasteiger partial charge in [-0.1, -0.05) is 0 Å². The van der Waals surface area contributed by atoms with Gasteiger partial charge in [-0.25, -0.2) is 0 Å². The third-order valence-electron chi connectivity index (χ3n) is 5.85. The molecule has 2 aliphatic heterocycles. The molecule has 0 radical (unpaired) electrons. The first kappa shape index (κ1) is 20.4. The molecule has 0 N–H and O–H groups in total. The van der Waals surface area contributed by atoms with Crippen LogP contribution in [0.15, 0.2) is 12.3 Å². The number of likely N-dealkylation sites (tertiary alicyclic amines) is 2. The van der Waals surface area contributed by atoms with Gasteiger partial charge in [-0.15, -0.1) is 0 Å². The van der Waals surface area contributed by atoms with E-state index in [2.05, 4.69) is 5.10 Å². The summed E-state index contributed by atoms with van der Waals surface area (Å²) in [6.45, 7) is 6.02. The van der Waals surface area contributed by atoms with Gasteiger partial charge in [-0.05, 0) is 38.7 Å². The average Bonchev–Trinajstić information content (AvgIpc) is 3.39. The predicted octanol–water partition coefficient (Wildman–Crippen LogP) is 1.52. The first-order valence-electron chi connectivity index (χ1n) is 10.1. The lowest BCUT2D eigenvalue weighted by Gasteiger charge is -2.38. The van der Waals surface area contributed by atoms with Crippen LogP contribution in [0.5, 0.6) is 0 Å². The second-order valence-corrected chi connectivity index (χ2v) is 7.86. The molecule has 1 aromatic heterocycles. The molecule has 1 aromatic rings. The predicted molar refractivity (Wildman–Crippen MR) is 102 cm³/mol. The molecule has 0 spiro atoms. The second-order valence-electron chi connectivity index (χ2n) is 7.86. The van der Waals surface area contributed by atoms with Crippen molar-refractivity contribution < 1.29 is 19.1 Å². The number of aromatic nitrogens is 2. The van der Waals surface area contributed by atoms with Crippen molar-refractivity contribution in [3.63, 3.8) is 0 Å². The van der Waals surface area contributed by atoms with E-state index in [9.17, 15) is 14.4 Å². The molecule has 2 aliphatic rings. The van der Waals surface area contributed by atoms with Gasteiger partial charge in [0.1, 0.15) is 6.61 Å². The Labute approximate surface area is 165 Å². The summed E-state index contributed by atoms with van der Waals surface area (Å²) in [5.74, 6) is -0.361. The number of aryl methyl sites for hydroxylation is 2. The Hall–Kier alpha value is -2.38. The van der Waals surface area contributed by atoms with E-state index in [1.54, 1.807) is 15.8 Å². The first-order valence-corrected chi connectivity index (χ1v) is 10.1. The first-order chi connectivity index (χ1) is 13.4. The van der Waals surface area contributed by atoms with Gasteiger partial charge < -0.3 is 14.5 Å². The minimum Gasteiger partial charge on any atom is -0.463 e. The summed E-state index contributed by atoms with van der Waals surface area (Å²) in [4.78, 5) is 41.0. The number of carbonyl (C=O) groups is 3. The Kier molecular flexibility index (Phi) is 6.36. The van der Waals surface area contributed by atoms with Gasteiger partial charge in [0.25, 0.3) is 0 Å². The van der Waals surface area contributed by atoms with Crippen LogP contribution in [-0.2, 0) is 25.7 Å². The van der Waals surface area contributed by atoms with Crippen molar-refractivity contribution in [1.29, 1.82) is 0 Å². The van der Waals surface area contributed by atoms with Crippen LogP contribution in [0.4, 0.5) is 0 Å². The lowest BCUT2D eigenvalue weighted by molar-refractivity contribution is -0.153. The Morgan fingerprint density at radius 1 is 1.14 bits per heavy atom. The molecule has 28 heavy (non-hydrogen) atoms. The zero-order valence-corrected chi connectivity index (χ0v) is 16.9. The molecule has 2 amide bonds. The van der Waals surface area contributed by atoms with Gasteiger partial charge in [0.2, 0.25) is 11.8 Å². The van der Waals surface area contributed by atoms with Gasteiger partial charge in [0.15, 0.2) is 0 Å². The van der Waals surface area contributed by atoms with Crippen LogP contribution >= 0.6 is 0 Å². The van der Waals surface area contributed by atoms with Gasteiger partial charge >= 0.3 is 5.97 Å². The van der Waals surface area contributed by atoms with Gasteiger partial charge in [0.05, 0.1) is 12.0 Å². The molecule has 2 saturated heterocycles. The Balaban J connectivity index is 1.71. The quantitative estimate of drug-likeness (QED) is 0.659. The molecule has 8 heteroatoms. The van der Waals surface area contributed by atoms with Crippen molar-refractivity contribution in [3.8, 4) is 0 Å². The summed E-state index contributed by atoms with van der Waals surface area (Å²) in [6, 6.07) is 1.90. The van der Waals surface area contributed by atoms with Crippen molar-refractivity contribution >= 4 is 17.8 Å². The van der Waals surface area contributed by atoms with Crippen molar-refractivity contribution in [2.45, 2.75) is 64.5 Å². The molecule has 0 bridgehead atoms. The zero-order chi connectivity index (χ0) is 20.1. The number of amides is 2. The van der Waals surface area contributed by atoms with Crippen LogP contribution in [0, 0.1) is 6.92 Å². The highest BCUT2D eigenvalue weighted by atomic mass is 16.5. The highest BCUT2D eigenvalue weighted by Gasteiger charge is 2.46. The Morgan fingerprint density at radius 3 is 2.54 bits per heavy atom. The van der Waals surface area contributed by atoms with E-state index < -0.39 is 5.54 Å². The number of carbonyl (C=O) groups excluding carboxylic acids is 3. The third kappa shape index (κ3) is 4.54. The molecule has 0 saturated carbocycles. The van der Waals surface area contributed by atoms with Gasteiger partial charge in [0, 0.05) is 51.4 Å². The highest BCUT2D eigenvalue weighted by molar-refractivity contribution is 5.81. The molecule has 8 nitrogen and oxygen atoms in total. The van der Waals surface area contributed by atoms with E-state index in [-0.39, 0.29) is 30.8 Å². The maximum atomic E-state index is 13.0. The Morgan fingerprint density at radius 2 is 1.89 bits per heavy atom. The minimum atomic E-state index is -0.735. The van der Waals surface area contributed by atoms with Crippen LogP contribution < -0.4 is 0 Å². The third-order valence-corrected chi connectivity index (χ3v) is 5.85. The molecule has 154 valence electrons. The van der Waals surface area contributed by atoms with Gasteiger partial charge in [-0.2, -0.15) is 5.10 Å². The van der Waals surface area contributed by atoms with E-state index in [4.69, 9.17) is 4.74 Å². The molecule has 0 aromatic carbocycles. The summed E-state index contributed by atoms with van der Waals surface area (Å²) in [5, 5.41) is 4.23. The second kappa shape index (κ2) is 8.75. The van der Waals surface area contributed by atoms with Crippen molar-refractivity contribution in [2.75, 3.05) is 26.2 Å². The maximum Gasteiger partial charge on any atom is 0.302 e. The number of hydrogen-bond donors (Lipinski definition) is 0. The molecular weight excluding hydrogens is 360 g/mol. The van der Waals surface area contributed by atoms with Crippen molar-refractivity contribution in [3.05, 3.63) is 18.0 Å². The molecule has 1 unspecified atom stereocenters. The number of rotatable bonds is 7. The fourth-order valence-corrected chi connectivity index (χ4v) is 4.28. The van der Waals surface area contributed by atoms with E-state index in [1.807, 2.05) is 17.9 Å².